The lowest BCUT2D eigenvalue weighted by Crippen LogP contribution is -2.51. The Balaban J connectivity index is 1.50. The highest BCUT2D eigenvalue weighted by Gasteiger charge is 2.25. The van der Waals surface area contributed by atoms with Gasteiger partial charge in [-0.15, -0.1) is 0 Å². The Bertz CT molecular complexity index is 702. The van der Waals surface area contributed by atoms with Gasteiger partial charge in [0, 0.05) is 32.4 Å². The Morgan fingerprint density at radius 3 is 2.32 bits per heavy atom. The van der Waals surface area contributed by atoms with Crippen LogP contribution in [0.4, 0.5) is 0 Å². The van der Waals surface area contributed by atoms with Gasteiger partial charge in [-0.05, 0) is 36.8 Å². The highest BCUT2D eigenvalue weighted by atomic mass is 16.5. The molecule has 2 aromatic rings. The number of aromatic amines is 1. The molecular formula is C19H23N3O3. The Morgan fingerprint density at radius 1 is 1.04 bits per heavy atom. The minimum Gasteiger partial charge on any atom is -0.494 e. The van der Waals surface area contributed by atoms with E-state index in [9.17, 15) is 9.59 Å². The van der Waals surface area contributed by atoms with Crippen molar-refractivity contribution >= 4 is 11.8 Å². The third kappa shape index (κ3) is 4.21. The molecule has 1 aliphatic heterocycles. The first-order valence-corrected chi connectivity index (χ1v) is 8.59. The van der Waals surface area contributed by atoms with Crippen molar-refractivity contribution in [2.75, 3.05) is 32.8 Å². The second-order valence-corrected chi connectivity index (χ2v) is 6.01. The van der Waals surface area contributed by atoms with Gasteiger partial charge in [-0.2, -0.15) is 0 Å². The zero-order valence-electron chi connectivity index (χ0n) is 14.4. The first-order valence-electron chi connectivity index (χ1n) is 8.59. The summed E-state index contributed by atoms with van der Waals surface area (Å²) < 4.78 is 5.41. The quantitative estimate of drug-likeness (QED) is 0.904. The van der Waals surface area contributed by atoms with E-state index in [1.807, 2.05) is 42.2 Å². The molecule has 0 spiro atoms. The lowest BCUT2D eigenvalue weighted by molar-refractivity contribution is -0.131. The topological polar surface area (TPSA) is 65.6 Å². The van der Waals surface area contributed by atoms with Crippen LogP contribution in [-0.2, 0) is 11.2 Å². The summed E-state index contributed by atoms with van der Waals surface area (Å²) in [7, 11) is 0. The molecule has 1 fully saturated rings. The molecular weight excluding hydrogens is 318 g/mol. The van der Waals surface area contributed by atoms with Crippen molar-refractivity contribution in [2.45, 2.75) is 13.3 Å². The van der Waals surface area contributed by atoms with E-state index < -0.39 is 0 Å². The number of piperazine rings is 1. The summed E-state index contributed by atoms with van der Waals surface area (Å²) >= 11 is 0. The van der Waals surface area contributed by atoms with Crippen LogP contribution in [0.15, 0.2) is 42.6 Å². The van der Waals surface area contributed by atoms with E-state index in [1.165, 1.54) is 0 Å². The molecule has 1 saturated heterocycles. The van der Waals surface area contributed by atoms with Crippen molar-refractivity contribution in [1.82, 2.24) is 14.8 Å². The predicted molar refractivity (Wildman–Crippen MR) is 94.6 cm³/mol. The van der Waals surface area contributed by atoms with Gasteiger partial charge in [-0.25, -0.2) is 0 Å². The molecule has 3 rings (SSSR count). The SMILES string of the molecule is CCOc1ccc(CC(=O)N2CCN(C(=O)c3ccc[nH]3)CC2)cc1. The summed E-state index contributed by atoms with van der Waals surface area (Å²) in [5, 5.41) is 0. The van der Waals surface area contributed by atoms with E-state index in [1.54, 1.807) is 17.2 Å². The van der Waals surface area contributed by atoms with Crippen LogP contribution >= 0.6 is 0 Å². The van der Waals surface area contributed by atoms with Crippen LogP contribution in [0, 0.1) is 0 Å². The van der Waals surface area contributed by atoms with Crippen molar-refractivity contribution in [1.29, 1.82) is 0 Å². The van der Waals surface area contributed by atoms with E-state index in [0.717, 1.165) is 11.3 Å². The van der Waals surface area contributed by atoms with Crippen LogP contribution in [0.3, 0.4) is 0 Å². The number of ether oxygens (including phenoxy) is 1. The summed E-state index contributed by atoms with van der Waals surface area (Å²) in [6.07, 6.45) is 2.11. The first-order chi connectivity index (χ1) is 12.2. The maximum atomic E-state index is 12.5. The van der Waals surface area contributed by atoms with E-state index in [-0.39, 0.29) is 11.8 Å². The van der Waals surface area contributed by atoms with Crippen molar-refractivity contribution in [2.24, 2.45) is 0 Å². The van der Waals surface area contributed by atoms with Crippen LogP contribution in [0.1, 0.15) is 23.0 Å². The van der Waals surface area contributed by atoms with Crippen LogP contribution in [0.2, 0.25) is 0 Å². The fourth-order valence-electron chi connectivity index (χ4n) is 2.95. The van der Waals surface area contributed by atoms with E-state index >= 15 is 0 Å². The molecule has 25 heavy (non-hydrogen) atoms. The summed E-state index contributed by atoms with van der Waals surface area (Å²) in [5.41, 5.74) is 1.56. The largest absolute Gasteiger partial charge is 0.494 e. The number of nitrogens with one attached hydrogen (secondary N) is 1. The van der Waals surface area contributed by atoms with E-state index in [0.29, 0.717) is 44.9 Å². The summed E-state index contributed by atoms with van der Waals surface area (Å²) in [6.45, 7) is 4.84. The average Bonchev–Trinajstić information content (AvgIpc) is 3.18. The van der Waals surface area contributed by atoms with Gasteiger partial charge in [0.25, 0.3) is 5.91 Å². The maximum absolute atomic E-state index is 12.5. The number of hydrogen-bond acceptors (Lipinski definition) is 3. The van der Waals surface area contributed by atoms with Crippen molar-refractivity contribution in [3.8, 4) is 5.75 Å². The number of hydrogen-bond donors (Lipinski definition) is 1. The normalized spacial score (nSPS) is 14.4. The number of H-pyrrole nitrogens is 1. The summed E-state index contributed by atoms with van der Waals surface area (Å²) in [6, 6.07) is 11.2. The van der Waals surface area contributed by atoms with Gasteiger partial charge >= 0.3 is 0 Å². The first kappa shape index (κ1) is 17.1. The zero-order valence-corrected chi connectivity index (χ0v) is 14.4. The van der Waals surface area contributed by atoms with Crippen LogP contribution in [0.5, 0.6) is 5.75 Å². The van der Waals surface area contributed by atoms with Crippen molar-refractivity contribution in [3.05, 3.63) is 53.9 Å². The Morgan fingerprint density at radius 2 is 1.72 bits per heavy atom. The van der Waals surface area contributed by atoms with Crippen LogP contribution in [-0.4, -0.2) is 59.4 Å². The van der Waals surface area contributed by atoms with Gasteiger partial charge in [0.1, 0.15) is 11.4 Å². The lowest BCUT2D eigenvalue weighted by Gasteiger charge is -2.34. The Labute approximate surface area is 147 Å². The maximum Gasteiger partial charge on any atom is 0.270 e. The van der Waals surface area contributed by atoms with Gasteiger partial charge in [-0.3, -0.25) is 9.59 Å². The number of carbonyl (C=O) groups excluding carboxylic acids is 2. The molecule has 0 radical (unpaired) electrons. The third-order valence-electron chi connectivity index (χ3n) is 4.34. The average molecular weight is 341 g/mol. The summed E-state index contributed by atoms with van der Waals surface area (Å²) in [5.74, 6) is 0.898. The second-order valence-electron chi connectivity index (χ2n) is 6.01. The van der Waals surface area contributed by atoms with Crippen molar-refractivity contribution in [3.63, 3.8) is 0 Å². The van der Waals surface area contributed by atoms with E-state index in [2.05, 4.69) is 4.98 Å². The van der Waals surface area contributed by atoms with Crippen LogP contribution in [0.25, 0.3) is 0 Å². The number of benzene rings is 1. The molecule has 1 aromatic heterocycles. The zero-order chi connectivity index (χ0) is 17.6. The molecule has 1 N–H and O–H groups in total. The molecule has 0 aliphatic carbocycles. The highest BCUT2D eigenvalue weighted by Crippen LogP contribution is 2.14. The molecule has 0 atom stereocenters. The fraction of sp³-hybridized carbons (Fsp3) is 0.368. The smallest absolute Gasteiger partial charge is 0.270 e. The number of amides is 2. The number of rotatable bonds is 5. The van der Waals surface area contributed by atoms with Gasteiger partial charge in [-0.1, -0.05) is 12.1 Å². The molecule has 2 heterocycles. The predicted octanol–water partition coefficient (Wildman–Crippen LogP) is 1.94. The minimum absolute atomic E-state index is 0.0105. The highest BCUT2D eigenvalue weighted by molar-refractivity contribution is 5.92. The monoisotopic (exact) mass is 341 g/mol. The molecule has 132 valence electrons. The minimum atomic E-state index is -0.0105. The fourth-order valence-corrected chi connectivity index (χ4v) is 2.95. The standard InChI is InChI=1S/C19H23N3O3/c1-2-25-16-7-5-15(6-8-16)14-18(23)21-10-12-22(13-11-21)19(24)17-4-3-9-20-17/h3-9,20H,2,10-14H2,1H3. The Hall–Kier alpha value is -2.76. The lowest BCUT2D eigenvalue weighted by atomic mass is 10.1. The molecule has 1 aromatic carbocycles. The molecule has 2 amide bonds. The Kier molecular flexibility index (Phi) is 5.38. The van der Waals surface area contributed by atoms with Crippen molar-refractivity contribution < 1.29 is 14.3 Å². The van der Waals surface area contributed by atoms with E-state index in [4.69, 9.17) is 4.74 Å². The van der Waals surface area contributed by atoms with Gasteiger partial charge < -0.3 is 19.5 Å². The third-order valence-corrected chi connectivity index (χ3v) is 4.34. The number of carbonyl (C=O) groups is 2. The summed E-state index contributed by atoms with van der Waals surface area (Å²) in [4.78, 5) is 31.3. The number of aromatic nitrogens is 1. The molecule has 0 unspecified atom stereocenters. The molecule has 6 nitrogen and oxygen atoms in total. The molecule has 0 bridgehead atoms. The molecule has 1 aliphatic rings. The molecule has 6 heteroatoms. The van der Waals surface area contributed by atoms with Gasteiger partial charge in [0.15, 0.2) is 0 Å². The van der Waals surface area contributed by atoms with Gasteiger partial charge in [0.2, 0.25) is 5.91 Å². The number of nitrogens with zero attached hydrogens (tertiary/aromatic N) is 2. The van der Waals surface area contributed by atoms with Gasteiger partial charge in [0.05, 0.1) is 13.0 Å². The van der Waals surface area contributed by atoms with Crippen LogP contribution < -0.4 is 4.74 Å². The molecule has 0 saturated carbocycles. The second kappa shape index (κ2) is 7.88.